The van der Waals surface area contributed by atoms with Crippen molar-refractivity contribution >= 4 is 17.6 Å². The van der Waals surface area contributed by atoms with Gasteiger partial charge < -0.3 is 6.53 Å². The zero-order valence-corrected chi connectivity index (χ0v) is 6.20. The Morgan fingerprint density at radius 3 is 2.17 bits per heavy atom. The van der Waals surface area contributed by atoms with Gasteiger partial charge in [-0.25, -0.2) is 0 Å². The number of hydrogen-bond donors (Lipinski definition) is 1. The quantitative estimate of drug-likeness (QED) is 0.304. The van der Waals surface area contributed by atoms with E-state index in [1.54, 1.807) is 0 Å². The van der Waals surface area contributed by atoms with Crippen molar-refractivity contribution in [2.24, 2.45) is 0 Å². The van der Waals surface area contributed by atoms with Crippen LogP contribution in [0.1, 0.15) is 1.43 Å². The Bertz CT molecular complexity index is 51.0. The second-order valence-electron chi connectivity index (χ2n) is 0.527. The van der Waals surface area contributed by atoms with Crippen LogP contribution < -0.4 is 29.6 Å². The summed E-state index contributed by atoms with van der Waals surface area (Å²) < 4.78 is 0. The molecule has 0 aromatic carbocycles. The second kappa shape index (κ2) is 5.76. The summed E-state index contributed by atoms with van der Waals surface area (Å²) >= 11 is 4.74. The Kier molecular flexibility index (Phi) is 9.50. The van der Waals surface area contributed by atoms with Gasteiger partial charge in [-0.15, -0.1) is 11.6 Å². The maximum Gasteiger partial charge on any atom is 1.00 e. The van der Waals surface area contributed by atoms with Crippen molar-refractivity contribution in [2.45, 2.75) is 0 Å². The zero-order valence-electron chi connectivity index (χ0n) is 4.44. The SMILES string of the molecule is O=C(O)CCl.[H-].[Na+]. The number of aliphatic carboxylic acids is 1. The van der Waals surface area contributed by atoms with Crippen molar-refractivity contribution in [3.63, 3.8) is 0 Å². The number of carbonyl (C=O) groups is 1. The molecule has 0 radical (unpaired) electrons. The number of alkyl halides is 1. The van der Waals surface area contributed by atoms with Crippen LogP contribution in [0.2, 0.25) is 0 Å². The Labute approximate surface area is 64.3 Å². The van der Waals surface area contributed by atoms with Crippen LogP contribution in [0.5, 0.6) is 0 Å². The molecule has 0 unspecified atom stereocenters. The molecule has 0 rings (SSSR count). The summed E-state index contributed by atoms with van der Waals surface area (Å²) in [6.07, 6.45) is 0. The van der Waals surface area contributed by atoms with Gasteiger partial charge >= 0.3 is 35.5 Å². The second-order valence-corrected chi connectivity index (χ2v) is 0.795. The molecule has 0 aromatic rings. The van der Waals surface area contributed by atoms with Gasteiger partial charge in [0.25, 0.3) is 0 Å². The van der Waals surface area contributed by atoms with Crippen LogP contribution in [-0.4, -0.2) is 17.0 Å². The van der Waals surface area contributed by atoms with Crippen LogP contribution in [-0.2, 0) is 4.79 Å². The smallest absolute Gasteiger partial charge is 1.00 e. The van der Waals surface area contributed by atoms with Gasteiger partial charge in [-0.1, -0.05) is 0 Å². The summed E-state index contributed by atoms with van der Waals surface area (Å²) in [7, 11) is 0. The molecule has 0 aliphatic carbocycles. The fourth-order valence-corrected chi connectivity index (χ4v) is 0. The van der Waals surface area contributed by atoms with E-state index >= 15 is 0 Å². The van der Waals surface area contributed by atoms with Crippen LogP contribution in [0, 0.1) is 0 Å². The summed E-state index contributed by atoms with van der Waals surface area (Å²) in [6, 6.07) is 0. The van der Waals surface area contributed by atoms with Crippen molar-refractivity contribution in [3.05, 3.63) is 0 Å². The first-order chi connectivity index (χ1) is 2.27. The molecule has 0 atom stereocenters. The van der Waals surface area contributed by atoms with Crippen LogP contribution in [0.3, 0.4) is 0 Å². The van der Waals surface area contributed by atoms with E-state index in [0.717, 1.165) is 0 Å². The maximum atomic E-state index is 9.24. The van der Waals surface area contributed by atoms with Gasteiger partial charge in [-0.3, -0.25) is 4.79 Å². The average molecular weight is 118 g/mol. The molecule has 0 spiro atoms. The number of carboxylic acid groups (broad SMARTS) is 1. The summed E-state index contributed by atoms with van der Waals surface area (Å²) in [4.78, 5) is 9.24. The molecule has 4 heteroatoms. The Morgan fingerprint density at radius 2 is 2.17 bits per heavy atom. The van der Waals surface area contributed by atoms with Crippen LogP contribution in [0.25, 0.3) is 0 Å². The van der Waals surface area contributed by atoms with E-state index < -0.39 is 5.97 Å². The first-order valence-corrected chi connectivity index (χ1v) is 1.58. The number of halogens is 1. The van der Waals surface area contributed by atoms with Crippen molar-refractivity contribution < 1.29 is 40.9 Å². The van der Waals surface area contributed by atoms with E-state index in [9.17, 15) is 4.79 Å². The predicted molar refractivity (Wildman–Crippen MR) is 19.5 cm³/mol. The minimum absolute atomic E-state index is 0. The van der Waals surface area contributed by atoms with E-state index in [0.29, 0.717) is 0 Å². The average Bonchev–Trinajstić information content (AvgIpc) is 1.38. The van der Waals surface area contributed by atoms with Crippen molar-refractivity contribution in [3.8, 4) is 0 Å². The molecule has 0 aliphatic heterocycles. The number of hydrogen-bond acceptors (Lipinski definition) is 1. The molecule has 0 amide bonds. The molecule has 6 heavy (non-hydrogen) atoms. The molecule has 0 aliphatic rings. The maximum absolute atomic E-state index is 9.24. The van der Waals surface area contributed by atoms with Crippen LogP contribution in [0.4, 0.5) is 0 Å². The first kappa shape index (κ1) is 9.90. The summed E-state index contributed by atoms with van der Waals surface area (Å²) in [6.45, 7) is 0. The zero-order chi connectivity index (χ0) is 4.28. The largest absolute Gasteiger partial charge is 1.00 e. The Hall–Kier alpha value is 0.760. The van der Waals surface area contributed by atoms with Gasteiger partial charge in [0.15, 0.2) is 0 Å². The van der Waals surface area contributed by atoms with Gasteiger partial charge in [-0.2, -0.15) is 0 Å². The van der Waals surface area contributed by atoms with Gasteiger partial charge in [0, 0.05) is 0 Å². The molecule has 0 bridgehead atoms. The standard InChI is InChI=1S/C2H3ClO2.Na.H/c3-1-2(4)5;;/h1H2,(H,4,5);;/q;+1;-1. The third-order valence-corrected chi connectivity index (χ3v) is 0.343. The number of carboxylic acids is 1. The van der Waals surface area contributed by atoms with E-state index in [2.05, 4.69) is 0 Å². The summed E-state index contributed by atoms with van der Waals surface area (Å²) in [5.74, 6) is -1.29. The molecule has 32 valence electrons. The van der Waals surface area contributed by atoms with Crippen molar-refractivity contribution in [1.29, 1.82) is 0 Å². The molecule has 1 N–H and O–H groups in total. The minimum Gasteiger partial charge on any atom is -1.00 e. The first-order valence-electron chi connectivity index (χ1n) is 1.05. The predicted octanol–water partition coefficient (Wildman–Crippen LogP) is -2.57. The molecule has 0 fully saturated rings. The minimum atomic E-state index is -0.980. The van der Waals surface area contributed by atoms with E-state index in [4.69, 9.17) is 16.7 Å². The van der Waals surface area contributed by atoms with Gasteiger partial charge in [0.05, 0.1) is 0 Å². The summed E-state index contributed by atoms with van der Waals surface area (Å²) in [5.41, 5.74) is 0. The van der Waals surface area contributed by atoms with Crippen molar-refractivity contribution in [2.75, 3.05) is 5.88 Å². The molecule has 0 heterocycles. The monoisotopic (exact) mass is 118 g/mol. The molecular formula is C2H4ClNaO2. The Morgan fingerprint density at radius 1 is 2.00 bits per heavy atom. The molecule has 0 saturated carbocycles. The van der Waals surface area contributed by atoms with Crippen molar-refractivity contribution in [1.82, 2.24) is 0 Å². The molecule has 0 saturated heterocycles. The molecular weight excluding hydrogens is 114 g/mol. The topological polar surface area (TPSA) is 37.3 Å². The van der Waals surface area contributed by atoms with Gasteiger partial charge in [0.2, 0.25) is 0 Å². The Balaban J connectivity index is -0.0000000800. The van der Waals surface area contributed by atoms with E-state index in [1.807, 2.05) is 0 Å². The molecule has 0 aromatic heterocycles. The van der Waals surface area contributed by atoms with Crippen LogP contribution >= 0.6 is 11.6 Å². The normalized spacial score (nSPS) is 6.17. The molecule has 2 nitrogen and oxygen atoms in total. The fourth-order valence-electron chi connectivity index (χ4n) is 0. The van der Waals surface area contributed by atoms with Crippen LogP contribution in [0.15, 0.2) is 0 Å². The third-order valence-electron chi connectivity index (χ3n) is 0.114. The summed E-state index contributed by atoms with van der Waals surface area (Å²) in [5, 5.41) is 7.59. The fraction of sp³-hybridized carbons (Fsp3) is 0.500. The van der Waals surface area contributed by atoms with Gasteiger partial charge in [0.1, 0.15) is 5.88 Å². The van der Waals surface area contributed by atoms with E-state index in [-0.39, 0.29) is 36.9 Å². The van der Waals surface area contributed by atoms with Gasteiger partial charge in [-0.05, 0) is 0 Å². The van der Waals surface area contributed by atoms with E-state index in [1.165, 1.54) is 0 Å². The number of rotatable bonds is 1. The third kappa shape index (κ3) is 8.83.